The average Bonchev–Trinajstić information content (AvgIpc) is 4.00. The predicted molar refractivity (Wildman–Crippen MR) is 299 cm³/mol. The first-order valence-electron chi connectivity index (χ1n) is 24.6. The van der Waals surface area contributed by atoms with Crippen LogP contribution in [0.15, 0.2) is 291 Å². The average molecular weight is 921 g/mol. The first-order valence-corrected chi connectivity index (χ1v) is 24.6. The van der Waals surface area contributed by atoms with E-state index in [2.05, 4.69) is 306 Å². The van der Waals surface area contributed by atoms with E-state index in [0.29, 0.717) is 0 Å². The van der Waals surface area contributed by atoms with Crippen LogP contribution in [0.2, 0.25) is 0 Å². The third kappa shape index (κ3) is 7.37. The molecule has 11 aromatic carbocycles. The number of aromatic nitrogens is 2. The Morgan fingerprint density at radius 3 is 0.958 bits per heavy atom. The lowest BCUT2D eigenvalue weighted by Crippen LogP contribution is -2.51. The molecule has 0 atom stereocenters. The van der Waals surface area contributed by atoms with Crippen molar-refractivity contribution in [1.29, 1.82) is 0 Å². The Hall–Kier alpha value is -9.51. The molecule has 0 N–H and O–H groups in total. The van der Waals surface area contributed by atoms with Crippen molar-refractivity contribution >= 4 is 33.8 Å². The van der Waals surface area contributed by atoms with Crippen LogP contribution in [-0.2, 0) is 5.66 Å². The highest BCUT2D eigenvalue weighted by atomic mass is 15.5. The molecule has 0 spiro atoms. The normalized spacial score (nSPS) is 12.8. The number of benzene rings is 11. The topological polar surface area (TPSA) is 24.3 Å². The van der Waals surface area contributed by atoms with Gasteiger partial charge < -0.3 is 9.80 Å². The minimum Gasteiger partial charge on any atom is -0.308 e. The Morgan fingerprint density at radius 2 is 0.583 bits per heavy atom. The molecule has 13 rings (SSSR count). The third-order valence-electron chi connectivity index (χ3n) is 14.1. The minimum absolute atomic E-state index is 0.880. The van der Waals surface area contributed by atoms with Crippen LogP contribution in [0.5, 0.6) is 0 Å². The van der Waals surface area contributed by atoms with Crippen LogP contribution in [0.25, 0.3) is 72.6 Å². The first-order chi connectivity index (χ1) is 35.7. The van der Waals surface area contributed by atoms with Gasteiger partial charge in [-0.1, -0.05) is 231 Å². The van der Waals surface area contributed by atoms with Gasteiger partial charge in [-0.25, -0.2) is 4.98 Å². The summed E-state index contributed by atoms with van der Waals surface area (Å²) in [5, 5.41) is 0. The molecule has 0 fully saturated rings. The lowest BCUT2D eigenvalue weighted by atomic mass is 9.86. The lowest BCUT2D eigenvalue weighted by molar-refractivity contribution is 0.560. The predicted octanol–water partition coefficient (Wildman–Crippen LogP) is 17.6. The van der Waals surface area contributed by atoms with E-state index < -0.39 is 5.66 Å². The number of fused-ring (bicyclic) bond motifs is 2. The Labute approximate surface area is 420 Å². The highest BCUT2D eigenvalue weighted by molar-refractivity contribution is 6.02. The van der Waals surface area contributed by atoms with Gasteiger partial charge in [0.25, 0.3) is 0 Å². The molecular weight excluding hydrogens is 873 g/mol. The second-order valence-corrected chi connectivity index (χ2v) is 18.4. The molecule has 340 valence electrons. The molecule has 0 amide bonds. The number of hydrogen-bond donors (Lipinski definition) is 0. The van der Waals surface area contributed by atoms with E-state index in [1.807, 2.05) is 0 Å². The van der Waals surface area contributed by atoms with E-state index in [-0.39, 0.29) is 0 Å². The van der Waals surface area contributed by atoms with Crippen molar-refractivity contribution < 1.29 is 0 Å². The van der Waals surface area contributed by atoms with Crippen molar-refractivity contribution in [1.82, 2.24) is 9.55 Å². The van der Waals surface area contributed by atoms with Gasteiger partial charge in [-0.05, 0) is 105 Å². The summed E-state index contributed by atoms with van der Waals surface area (Å²) in [5.74, 6) is 0.880. The molecule has 0 saturated carbocycles. The van der Waals surface area contributed by atoms with Crippen molar-refractivity contribution in [3.63, 3.8) is 0 Å². The molecule has 1 aliphatic rings. The van der Waals surface area contributed by atoms with Gasteiger partial charge >= 0.3 is 0 Å². The molecule has 1 aromatic heterocycles. The maximum Gasteiger partial charge on any atom is 0.175 e. The molecule has 4 heteroatoms. The Balaban J connectivity index is 1.21. The summed E-state index contributed by atoms with van der Waals surface area (Å²) in [4.78, 5) is 10.8. The fourth-order valence-corrected chi connectivity index (χ4v) is 10.9. The molecule has 0 bridgehead atoms. The van der Waals surface area contributed by atoms with Crippen LogP contribution in [0.1, 0.15) is 11.1 Å². The SMILES string of the molecule is c1ccc(-c2cc(-c3ccccc3)cc(N3c4cc5nc(-c6ccccc6)n(-c6ccccc6)c5cc4N(c4cc(-c5ccccc5)cc(-c5ccccc5)c4)C3(c3ccccc3)c3ccccc3)c2)cc1. The third-order valence-corrected chi connectivity index (χ3v) is 14.1. The van der Waals surface area contributed by atoms with Crippen LogP contribution in [-0.4, -0.2) is 9.55 Å². The second kappa shape index (κ2) is 18.1. The van der Waals surface area contributed by atoms with E-state index >= 15 is 0 Å². The highest BCUT2D eigenvalue weighted by Crippen LogP contribution is 2.61. The molecule has 0 unspecified atom stereocenters. The van der Waals surface area contributed by atoms with Gasteiger partial charge in [0.2, 0.25) is 0 Å². The highest BCUT2D eigenvalue weighted by Gasteiger charge is 2.54. The van der Waals surface area contributed by atoms with Gasteiger partial charge in [-0.3, -0.25) is 4.57 Å². The zero-order valence-corrected chi connectivity index (χ0v) is 39.5. The van der Waals surface area contributed by atoms with Crippen molar-refractivity contribution in [3.05, 3.63) is 302 Å². The minimum atomic E-state index is -1.00. The van der Waals surface area contributed by atoms with Gasteiger partial charge in [-0.15, -0.1) is 0 Å². The number of hydrogen-bond acceptors (Lipinski definition) is 3. The number of para-hydroxylation sites is 1. The molecule has 0 saturated heterocycles. The maximum atomic E-state index is 5.61. The smallest absolute Gasteiger partial charge is 0.175 e. The Morgan fingerprint density at radius 1 is 0.264 bits per heavy atom. The van der Waals surface area contributed by atoms with Crippen molar-refractivity contribution in [2.75, 3.05) is 9.80 Å². The largest absolute Gasteiger partial charge is 0.308 e. The van der Waals surface area contributed by atoms with Crippen LogP contribution < -0.4 is 9.80 Å². The summed E-state index contributed by atoms with van der Waals surface area (Å²) >= 11 is 0. The zero-order valence-electron chi connectivity index (χ0n) is 39.5. The molecule has 4 nitrogen and oxygen atoms in total. The van der Waals surface area contributed by atoms with Crippen LogP contribution in [0, 0.1) is 0 Å². The van der Waals surface area contributed by atoms with E-state index in [9.17, 15) is 0 Å². The number of nitrogens with zero attached hydrogens (tertiary/aromatic N) is 4. The standard InChI is InChI=1S/C68H48N4/c1-9-25-49(26-10-1)54-41-55(50-27-11-2-12-28-50)44-61(43-54)71-65-47-63-64(70(60-39-23-8-24-40-60)67(69-63)53-33-17-5-18-34-53)48-66(65)72(68(71,58-35-19-6-20-36-58)59-37-21-7-22-38-59)62-45-56(51-29-13-3-14-30-51)42-57(46-62)52-31-15-4-16-32-52/h1-48H. The van der Waals surface area contributed by atoms with Gasteiger partial charge in [0.05, 0.1) is 22.4 Å². The summed E-state index contributed by atoms with van der Waals surface area (Å²) in [6.07, 6.45) is 0. The molecule has 0 aliphatic carbocycles. The number of imidazole rings is 1. The van der Waals surface area contributed by atoms with Gasteiger partial charge in [0, 0.05) is 33.8 Å². The van der Waals surface area contributed by atoms with Gasteiger partial charge in [-0.2, -0.15) is 0 Å². The molecular formula is C68H48N4. The fourth-order valence-electron chi connectivity index (χ4n) is 10.9. The van der Waals surface area contributed by atoms with Crippen molar-refractivity contribution in [2.24, 2.45) is 0 Å². The quantitative estimate of drug-likeness (QED) is 0.137. The Bertz CT molecular complexity index is 3670. The molecule has 2 heterocycles. The van der Waals surface area contributed by atoms with E-state index in [0.717, 1.165) is 106 Å². The van der Waals surface area contributed by atoms with E-state index in [4.69, 9.17) is 4.98 Å². The Kier molecular flexibility index (Phi) is 10.7. The van der Waals surface area contributed by atoms with Gasteiger partial charge in [0.1, 0.15) is 5.82 Å². The summed E-state index contributed by atoms with van der Waals surface area (Å²) in [6.45, 7) is 0. The second-order valence-electron chi connectivity index (χ2n) is 18.4. The lowest BCUT2D eigenvalue weighted by Gasteiger charge is -2.47. The molecule has 1 aliphatic heterocycles. The zero-order chi connectivity index (χ0) is 47.8. The fraction of sp³-hybridized carbons (Fsp3) is 0.0147. The maximum absolute atomic E-state index is 5.61. The molecule has 12 aromatic rings. The van der Waals surface area contributed by atoms with Crippen LogP contribution >= 0.6 is 0 Å². The van der Waals surface area contributed by atoms with E-state index in [1.165, 1.54) is 0 Å². The monoisotopic (exact) mass is 920 g/mol. The summed E-state index contributed by atoms with van der Waals surface area (Å²) in [7, 11) is 0. The molecule has 72 heavy (non-hydrogen) atoms. The number of rotatable bonds is 10. The van der Waals surface area contributed by atoms with Gasteiger partial charge in [0.15, 0.2) is 5.66 Å². The van der Waals surface area contributed by atoms with Crippen LogP contribution in [0.4, 0.5) is 22.7 Å². The summed E-state index contributed by atoms with van der Waals surface area (Å²) < 4.78 is 2.33. The summed E-state index contributed by atoms with van der Waals surface area (Å²) in [6, 6.07) is 105. The van der Waals surface area contributed by atoms with Crippen LogP contribution in [0.3, 0.4) is 0 Å². The van der Waals surface area contributed by atoms with Crippen molar-refractivity contribution in [2.45, 2.75) is 5.66 Å². The van der Waals surface area contributed by atoms with Crippen molar-refractivity contribution in [3.8, 4) is 61.6 Å². The number of anilines is 4. The van der Waals surface area contributed by atoms with E-state index in [1.54, 1.807) is 0 Å². The first kappa shape index (κ1) is 42.6. The molecule has 0 radical (unpaired) electrons. The summed E-state index contributed by atoms with van der Waals surface area (Å²) in [5.41, 5.74) is 18.4.